The van der Waals surface area contributed by atoms with Crippen LogP contribution >= 0.6 is 0 Å². The highest BCUT2D eigenvalue weighted by Crippen LogP contribution is 2.21. The van der Waals surface area contributed by atoms with E-state index in [1.54, 1.807) is 0 Å². The molecule has 88 valence electrons. The molecule has 0 unspecified atom stereocenters. The second-order valence-corrected chi connectivity index (χ2v) is 5.71. The Labute approximate surface area is 99.7 Å². The molecule has 1 aromatic carbocycles. The van der Waals surface area contributed by atoms with Crippen LogP contribution in [0.2, 0.25) is 0 Å². The Hall–Kier alpha value is -0.820. The van der Waals surface area contributed by atoms with Crippen LogP contribution in [0, 0.1) is 5.92 Å². The minimum Gasteiger partial charge on any atom is -0.326 e. The van der Waals surface area contributed by atoms with Gasteiger partial charge in [-0.1, -0.05) is 37.3 Å². The molecule has 0 amide bonds. The Kier molecular flexibility index (Phi) is 3.65. The fraction of sp³-hybridized carbons (Fsp3) is 0.600. The summed E-state index contributed by atoms with van der Waals surface area (Å²) in [5.41, 5.74) is 1.49. The Morgan fingerprint density at radius 1 is 1.12 bits per heavy atom. The lowest BCUT2D eigenvalue weighted by molar-refractivity contribution is -0.915. The molecule has 0 aromatic heterocycles. The van der Waals surface area contributed by atoms with Crippen LogP contribution in [-0.2, 0) is 6.42 Å². The predicted octanol–water partition coefficient (Wildman–Crippen LogP) is 3.11. The fourth-order valence-corrected chi connectivity index (χ4v) is 2.59. The lowest BCUT2D eigenvalue weighted by Crippen LogP contribution is -2.50. The third-order valence-corrected chi connectivity index (χ3v) is 4.11. The normalized spacial score (nSPS) is 30.2. The van der Waals surface area contributed by atoms with Crippen LogP contribution in [0.25, 0.3) is 0 Å². The molecule has 0 aliphatic carbocycles. The molecule has 1 heteroatoms. The monoisotopic (exact) mass is 218 g/mol. The van der Waals surface area contributed by atoms with Gasteiger partial charge < -0.3 is 4.48 Å². The number of quaternary nitrogens is 1. The zero-order chi connectivity index (χ0) is 11.4. The second-order valence-electron chi connectivity index (χ2n) is 5.71. The lowest BCUT2D eigenvalue weighted by Gasteiger charge is -2.40. The number of piperidine rings is 1. The van der Waals surface area contributed by atoms with Gasteiger partial charge in [-0.2, -0.15) is 0 Å². The van der Waals surface area contributed by atoms with Crippen molar-refractivity contribution in [2.75, 3.05) is 26.7 Å². The van der Waals surface area contributed by atoms with Crippen molar-refractivity contribution in [1.29, 1.82) is 0 Å². The first-order valence-electron chi connectivity index (χ1n) is 6.55. The molecule has 1 aromatic rings. The van der Waals surface area contributed by atoms with Crippen molar-refractivity contribution in [3.8, 4) is 0 Å². The molecule has 0 atom stereocenters. The molecule has 0 radical (unpaired) electrons. The van der Waals surface area contributed by atoms with Crippen molar-refractivity contribution >= 4 is 0 Å². The Balaban J connectivity index is 1.85. The van der Waals surface area contributed by atoms with Gasteiger partial charge in [0.2, 0.25) is 0 Å². The molecule has 1 aliphatic rings. The van der Waals surface area contributed by atoms with Crippen LogP contribution < -0.4 is 0 Å². The molecular weight excluding hydrogens is 194 g/mol. The van der Waals surface area contributed by atoms with E-state index in [-0.39, 0.29) is 0 Å². The number of likely N-dealkylation sites (tertiary alicyclic amines) is 1. The summed E-state index contributed by atoms with van der Waals surface area (Å²) in [4.78, 5) is 0. The number of hydrogen-bond acceptors (Lipinski definition) is 0. The molecule has 1 fully saturated rings. The molecule has 16 heavy (non-hydrogen) atoms. The minimum absolute atomic E-state index is 0.947. The Bertz CT molecular complexity index is 309. The van der Waals surface area contributed by atoms with Gasteiger partial charge in [-0.15, -0.1) is 0 Å². The zero-order valence-electron chi connectivity index (χ0n) is 10.7. The van der Waals surface area contributed by atoms with Gasteiger partial charge in [0.25, 0.3) is 0 Å². The van der Waals surface area contributed by atoms with Crippen molar-refractivity contribution in [3.63, 3.8) is 0 Å². The van der Waals surface area contributed by atoms with E-state index >= 15 is 0 Å². The molecular formula is C15H24N+. The van der Waals surface area contributed by atoms with Gasteiger partial charge in [-0.05, 0) is 24.3 Å². The largest absolute Gasteiger partial charge is 0.326 e. The minimum atomic E-state index is 0.947. The van der Waals surface area contributed by atoms with Gasteiger partial charge in [-0.25, -0.2) is 0 Å². The fourth-order valence-electron chi connectivity index (χ4n) is 2.59. The van der Waals surface area contributed by atoms with Gasteiger partial charge in [0, 0.05) is 6.42 Å². The lowest BCUT2D eigenvalue weighted by atomic mass is 9.97. The summed E-state index contributed by atoms with van der Waals surface area (Å²) in [6, 6.07) is 10.9. The number of hydrogen-bond donors (Lipinski definition) is 0. The molecule has 2 rings (SSSR count). The van der Waals surface area contributed by atoms with Gasteiger partial charge in [-0.3, -0.25) is 0 Å². The van der Waals surface area contributed by atoms with Crippen molar-refractivity contribution in [1.82, 2.24) is 0 Å². The summed E-state index contributed by atoms with van der Waals surface area (Å²) in [5.74, 6) is 0.947. The number of nitrogens with zero attached hydrogens (tertiary/aromatic N) is 1. The Morgan fingerprint density at radius 2 is 1.75 bits per heavy atom. The van der Waals surface area contributed by atoms with E-state index in [1.165, 1.54) is 48.9 Å². The highest BCUT2D eigenvalue weighted by Gasteiger charge is 2.27. The Morgan fingerprint density at radius 3 is 2.38 bits per heavy atom. The summed E-state index contributed by atoms with van der Waals surface area (Å²) >= 11 is 0. The van der Waals surface area contributed by atoms with E-state index in [0.717, 1.165) is 5.92 Å². The average Bonchev–Trinajstić information content (AvgIpc) is 2.33. The van der Waals surface area contributed by atoms with Crippen molar-refractivity contribution in [2.45, 2.75) is 26.2 Å². The van der Waals surface area contributed by atoms with Gasteiger partial charge in [0.05, 0.1) is 26.7 Å². The van der Waals surface area contributed by atoms with Crippen LogP contribution in [0.15, 0.2) is 30.3 Å². The maximum atomic E-state index is 2.43. The van der Waals surface area contributed by atoms with Gasteiger partial charge in [0.15, 0.2) is 0 Å². The summed E-state index contributed by atoms with van der Waals surface area (Å²) in [7, 11) is 2.43. The van der Waals surface area contributed by atoms with E-state index in [0.29, 0.717) is 0 Å². The van der Waals surface area contributed by atoms with E-state index < -0.39 is 0 Å². The molecule has 1 nitrogen and oxygen atoms in total. The molecule has 0 saturated carbocycles. The smallest absolute Gasteiger partial charge is 0.0825 e. The first kappa shape index (κ1) is 11.7. The van der Waals surface area contributed by atoms with Crippen LogP contribution in [0.4, 0.5) is 0 Å². The SMILES string of the molecule is CC1CC[N+](C)(CCc2ccccc2)CC1. The van der Waals surface area contributed by atoms with Gasteiger partial charge in [0.1, 0.15) is 0 Å². The van der Waals surface area contributed by atoms with E-state index in [9.17, 15) is 0 Å². The van der Waals surface area contributed by atoms with Crippen molar-refractivity contribution < 1.29 is 4.48 Å². The number of rotatable bonds is 3. The maximum Gasteiger partial charge on any atom is 0.0825 e. The summed E-state index contributed by atoms with van der Waals surface area (Å²) in [5, 5.41) is 0. The highest BCUT2D eigenvalue weighted by molar-refractivity contribution is 5.14. The standard InChI is InChI=1S/C15H24N/c1-14-8-11-16(2,12-9-14)13-10-15-6-4-3-5-7-15/h3-7,14H,8-13H2,1-2H3/q+1. The zero-order valence-corrected chi connectivity index (χ0v) is 10.7. The maximum absolute atomic E-state index is 2.43. The topological polar surface area (TPSA) is 0 Å². The van der Waals surface area contributed by atoms with Crippen LogP contribution in [-0.4, -0.2) is 31.2 Å². The van der Waals surface area contributed by atoms with Crippen molar-refractivity contribution in [2.24, 2.45) is 5.92 Å². The summed E-state index contributed by atoms with van der Waals surface area (Å²) < 4.78 is 1.28. The van der Waals surface area contributed by atoms with Gasteiger partial charge >= 0.3 is 0 Å². The quantitative estimate of drug-likeness (QED) is 0.684. The van der Waals surface area contributed by atoms with E-state index in [2.05, 4.69) is 44.3 Å². The van der Waals surface area contributed by atoms with E-state index in [1.807, 2.05) is 0 Å². The van der Waals surface area contributed by atoms with Crippen molar-refractivity contribution in [3.05, 3.63) is 35.9 Å². The third kappa shape index (κ3) is 3.08. The third-order valence-electron chi connectivity index (χ3n) is 4.11. The summed E-state index contributed by atoms with van der Waals surface area (Å²) in [6.07, 6.45) is 4.04. The van der Waals surface area contributed by atoms with Crippen LogP contribution in [0.1, 0.15) is 25.3 Å². The molecule has 0 bridgehead atoms. The first-order valence-corrected chi connectivity index (χ1v) is 6.55. The molecule has 1 heterocycles. The predicted molar refractivity (Wildman–Crippen MR) is 69.3 cm³/mol. The highest BCUT2D eigenvalue weighted by atomic mass is 15.3. The molecule has 0 N–H and O–H groups in total. The molecule has 1 aliphatic heterocycles. The molecule has 0 spiro atoms. The van der Waals surface area contributed by atoms with Crippen LogP contribution in [0.5, 0.6) is 0 Å². The van der Waals surface area contributed by atoms with Crippen LogP contribution in [0.3, 0.4) is 0 Å². The average molecular weight is 218 g/mol. The summed E-state index contributed by atoms with van der Waals surface area (Å²) in [6.45, 7) is 6.43. The molecule has 1 saturated heterocycles. The number of likely N-dealkylation sites (N-methyl/N-ethyl adjacent to an activating group) is 1. The number of benzene rings is 1. The first-order chi connectivity index (χ1) is 7.68. The second kappa shape index (κ2) is 5.01. The van der Waals surface area contributed by atoms with E-state index in [4.69, 9.17) is 0 Å².